The van der Waals surface area contributed by atoms with Crippen LogP contribution in [0, 0.1) is 0 Å². The summed E-state index contributed by atoms with van der Waals surface area (Å²) >= 11 is 1.73. The SMILES string of the molecule is CC1CN(S(=O)(=O)c2ccc(NC(=O)CCCSc3ccccc3)cc2)CC(C)O1. The van der Waals surface area contributed by atoms with E-state index in [0.717, 1.165) is 12.2 Å². The molecule has 1 fully saturated rings. The van der Waals surface area contributed by atoms with E-state index in [9.17, 15) is 13.2 Å². The molecular formula is C22H28N2O4S2. The first-order chi connectivity index (χ1) is 14.3. The Bertz CT molecular complexity index is 923. The van der Waals surface area contributed by atoms with Crippen LogP contribution in [0.1, 0.15) is 26.7 Å². The van der Waals surface area contributed by atoms with Crippen LogP contribution in [0.5, 0.6) is 0 Å². The third-order valence-electron chi connectivity index (χ3n) is 4.72. The Morgan fingerprint density at radius 2 is 1.70 bits per heavy atom. The van der Waals surface area contributed by atoms with Gasteiger partial charge in [0, 0.05) is 30.1 Å². The van der Waals surface area contributed by atoms with Gasteiger partial charge in [0.1, 0.15) is 0 Å². The number of carbonyl (C=O) groups is 1. The monoisotopic (exact) mass is 448 g/mol. The molecule has 3 rings (SSSR count). The van der Waals surface area contributed by atoms with Crippen LogP contribution in [-0.2, 0) is 19.6 Å². The summed E-state index contributed by atoms with van der Waals surface area (Å²) in [6, 6.07) is 16.4. The molecule has 0 aliphatic carbocycles. The van der Waals surface area contributed by atoms with Gasteiger partial charge in [0.15, 0.2) is 0 Å². The minimum absolute atomic E-state index is 0.0740. The number of hydrogen-bond donors (Lipinski definition) is 1. The molecule has 0 radical (unpaired) electrons. The molecule has 1 N–H and O–H groups in total. The number of nitrogens with one attached hydrogen (secondary N) is 1. The van der Waals surface area contributed by atoms with Crippen LogP contribution in [0.4, 0.5) is 5.69 Å². The number of morpholine rings is 1. The van der Waals surface area contributed by atoms with Crippen molar-refractivity contribution in [2.24, 2.45) is 0 Å². The highest BCUT2D eigenvalue weighted by atomic mass is 32.2. The Morgan fingerprint density at radius 1 is 1.07 bits per heavy atom. The fourth-order valence-corrected chi connectivity index (χ4v) is 5.81. The van der Waals surface area contributed by atoms with Crippen molar-refractivity contribution < 1.29 is 17.9 Å². The third kappa shape index (κ3) is 6.31. The van der Waals surface area contributed by atoms with Crippen molar-refractivity contribution in [1.82, 2.24) is 4.31 Å². The lowest BCUT2D eigenvalue weighted by atomic mass is 10.3. The minimum atomic E-state index is -3.58. The lowest BCUT2D eigenvalue weighted by Gasteiger charge is -2.34. The van der Waals surface area contributed by atoms with Gasteiger partial charge in [-0.05, 0) is 62.4 Å². The molecule has 1 aliphatic rings. The van der Waals surface area contributed by atoms with Crippen molar-refractivity contribution in [3.8, 4) is 0 Å². The quantitative estimate of drug-likeness (QED) is 0.488. The summed E-state index contributed by atoms with van der Waals surface area (Å²) < 4.78 is 32.9. The number of ether oxygens (including phenoxy) is 1. The van der Waals surface area contributed by atoms with Gasteiger partial charge in [-0.2, -0.15) is 4.31 Å². The zero-order valence-corrected chi connectivity index (χ0v) is 18.9. The van der Waals surface area contributed by atoms with Gasteiger partial charge < -0.3 is 10.1 Å². The van der Waals surface area contributed by atoms with Crippen LogP contribution in [0.25, 0.3) is 0 Å². The maximum Gasteiger partial charge on any atom is 0.243 e. The maximum absolute atomic E-state index is 12.9. The Kier molecular flexibility index (Phi) is 7.93. The number of nitrogens with zero attached hydrogens (tertiary/aromatic N) is 1. The van der Waals surface area contributed by atoms with Gasteiger partial charge in [0.2, 0.25) is 15.9 Å². The summed E-state index contributed by atoms with van der Waals surface area (Å²) in [6.45, 7) is 4.42. The first kappa shape index (κ1) is 22.8. The first-order valence-corrected chi connectivity index (χ1v) is 12.5. The molecule has 1 heterocycles. The summed E-state index contributed by atoms with van der Waals surface area (Å²) in [5, 5.41) is 2.84. The maximum atomic E-state index is 12.9. The summed E-state index contributed by atoms with van der Waals surface area (Å²) in [4.78, 5) is 13.6. The van der Waals surface area contributed by atoms with Crippen LogP contribution >= 0.6 is 11.8 Å². The van der Waals surface area contributed by atoms with Crippen LogP contribution in [0.3, 0.4) is 0 Å². The number of anilines is 1. The highest BCUT2D eigenvalue weighted by molar-refractivity contribution is 7.99. The second kappa shape index (κ2) is 10.4. The second-order valence-electron chi connectivity index (χ2n) is 7.42. The van der Waals surface area contributed by atoms with Crippen molar-refractivity contribution in [2.75, 3.05) is 24.2 Å². The third-order valence-corrected chi connectivity index (χ3v) is 7.67. The van der Waals surface area contributed by atoms with Crippen molar-refractivity contribution >= 4 is 33.4 Å². The molecule has 6 nitrogen and oxygen atoms in total. The van der Waals surface area contributed by atoms with Crippen molar-refractivity contribution in [3.05, 3.63) is 54.6 Å². The number of rotatable bonds is 8. The molecule has 0 bridgehead atoms. The molecule has 0 saturated carbocycles. The van der Waals surface area contributed by atoms with E-state index in [-0.39, 0.29) is 23.0 Å². The highest BCUT2D eigenvalue weighted by Gasteiger charge is 2.32. The molecule has 2 unspecified atom stereocenters. The zero-order valence-electron chi connectivity index (χ0n) is 17.3. The highest BCUT2D eigenvalue weighted by Crippen LogP contribution is 2.23. The molecule has 2 atom stereocenters. The molecule has 8 heteroatoms. The van der Waals surface area contributed by atoms with E-state index < -0.39 is 10.0 Å². The van der Waals surface area contributed by atoms with E-state index in [1.807, 2.05) is 32.0 Å². The van der Waals surface area contributed by atoms with E-state index >= 15 is 0 Å². The molecular weight excluding hydrogens is 420 g/mol. The molecule has 0 aromatic heterocycles. The molecule has 2 aromatic rings. The first-order valence-electron chi connectivity index (χ1n) is 10.1. The largest absolute Gasteiger partial charge is 0.373 e. The number of sulfonamides is 1. The fourth-order valence-electron chi connectivity index (χ4n) is 3.35. The van der Waals surface area contributed by atoms with Gasteiger partial charge in [-0.25, -0.2) is 8.42 Å². The van der Waals surface area contributed by atoms with Gasteiger partial charge >= 0.3 is 0 Å². The molecule has 1 aliphatic heterocycles. The average molecular weight is 449 g/mol. The molecule has 162 valence electrons. The van der Waals surface area contributed by atoms with Crippen molar-refractivity contribution in [1.29, 1.82) is 0 Å². The molecule has 0 spiro atoms. The Morgan fingerprint density at radius 3 is 2.33 bits per heavy atom. The average Bonchev–Trinajstić information content (AvgIpc) is 2.72. The topological polar surface area (TPSA) is 75.7 Å². The standard InChI is InChI=1S/C22H28N2O4S2/c1-17-15-24(16-18(2)28-17)30(26,27)21-12-10-19(11-13-21)23-22(25)9-6-14-29-20-7-4-3-5-8-20/h3-5,7-8,10-13,17-18H,6,9,14-16H2,1-2H3,(H,23,25). The van der Waals surface area contributed by atoms with Crippen molar-refractivity contribution in [2.45, 2.75) is 48.7 Å². The lowest BCUT2D eigenvalue weighted by Crippen LogP contribution is -2.48. The summed E-state index contributed by atoms with van der Waals surface area (Å²) in [5.74, 6) is 0.792. The van der Waals surface area contributed by atoms with Crippen LogP contribution < -0.4 is 5.32 Å². The summed E-state index contributed by atoms with van der Waals surface area (Å²) in [6.07, 6.45) is 0.915. The van der Waals surface area contributed by atoms with Gasteiger partial charge in [-0.15, -0.1) is 11.8 Å². The number of hydrogen-bond acceptors (Lipinski definition) is 5. The Hall–Kier alpha value is -1.87. The molecule has 1 amide bonds. The van der Waals surface area contributed by atoms with E-state index in [4.69, 9.17) is 4.74 Å². The van der Waals surface area contributed by atoms with Gasteiger partial charge in [0.25, 0.3) is 0 Å². The molecule has 1 saturated heterocycles. The summed E-state index contributed by atoms with van der Waals surface area (Å²) in [7, 11) is -3.58. The Labute approximate surface area is 183 Å². The number of thioether (sulfide) groups is 1. The van der Waals surface area contributed by atoms with Crippen LogP contribution in [0.2, 0.25) is 0 Å². The van der Waals surface area contributed by atoms with E-state index in [1.54, 1.807) is 36.0 Å². The lowest BCUT2D eigenvalue weighted by molar-refractivity contribution is -0.116. The predicted molar refractivity (Wildman–Crippen MR) is 120 cm³/mol. The predicted octanol–water partition coefficient (Wildman–Crippen LogP) is 4.00. The van der Waals surface area contributed by atoms with E-state index in [2.05, 4.69) is 17.4 Å². The summed E-state index contributed by atoms with van der Waals surface area (Å²) in [5.41, 5.74) is 0.596. The molecule has 30 heavy (non-hydrogen) atoms. The minimum Gasteiger partial charge on any atom is -0.373 e. The fraction of sp³-hybridized carbons (Fsp3) is 0.409. The van der Waals surface area contributed by atoms with Crippen molar-refractivity contribution in [3.63, 3.8) is 0 Å². The second-order valence-corrected chi connectivity index (χ2v) is 10.5. The normalized spacial score (nSPS) is 20.1. The molecule has 2 aromatic carbocycles. The van der Waals surface area contributed by atoms with Gasteiger partial charge in [0.05, 0.1) is 17.1 Å². The Balaban J connectivity index is 1.49. The zero-order chi connectivity index (χ0) is 21.6. The number of benzene rings is 2. The number of carbonyl (C=O) groups excluding carboxylic acids is 1. The number of amides is 1. The van der Waals surface area contributed by atoms with E-state index in [1.165, 1.54) is 9.20 Å². The van der Waals surface area contributed by atoms with Gasteiger partial charge in [-0.1, -0.05) is 18.2 Å². The van der Waals surface area contributed by atoms with Crippen LogP contribution in [-0.4, -0.2) is 49.7 Å². The van der Waals surface area contributed by atoms with Crippen LogP contribution in [0.15, 0.2) is 64.4 Å². The van der Waals surface area contributed by atoms with Gasteiger partial charge in [-0.3, -0.25) is 4.79 Å². The van der Waals surface area contributed by atoms with E-state index in [0.29, 0.717) is 25.2 Å². The smallest absolute Gasteiger partial charge is 0.243 e.